The molecular weight excluding hydrogens is 438 g/mol. The Bertz CT molecular complexity index is 427. The van der Waals surface area contributed by atoms with Crippen LogP contribution in [0.15, 0.2) is 12.7 Å². The molecule has 0 heterocycles. The first kappa shape index (κ1) is 58.1. The molecule has 0 radical (unpaired) electrons. The fraction of sp³-hybridized carbons (Fsp3) is 0.808. The Kier molecular flexibility index (Phi) is 70.4. The summed E-state index contributed by atoms with van der Waals surface area (Å²) in [6.07, 6.45) is 2.93. The van der Waals surface area contributed by atoms with Crippen LogP contribution < -0.4 is 5.32 Å². The number of aliphatic hydroxyl groups is 1. The first-order valence-electron chi connectivity index (χ1n) is 9.62. The second kappa shape index (κ2) is 41.2. The number of hydrogen-bond acceptors (Lipinski definition) is 7. The standard InChI is InChI=1S/C10H17NO4.C6H12O2.C4H10O.6CH4/c1-4-8(3)15-10(13)11-6-7-14-9(12)5-2;1-4-5(2)8-6(3)7;1-3-4(2)5;;;;;;/h5,8H,2,4,6-7H2,1,3H3,(H,11,13);5H,4H2,1-3H3;4-5H,3H2,1-2H3;6*1H4. The predicted octanol–water partition coefficient (Wildman–Crippen LogP) is 7.18. The first-order valence-corrected chi connectivity index (χ1v) is 9.62. The predicted molar refractivity (Wildman–Crippen MR) is 149 cm³/mol. The van der Waals surface area contributed by atoms with Gasteiger partial charge in [0, 0.05) is 13.0 Å². The van der Waals surface area contributed by atoms with Crippen molar-refractivity contribution in [1.82, 2.24) is 5.32 Å². The Balaban J connectivity index is -0.0000000409. The summed E-state index contributed by atoms with van der Waals surface area (Å²) in [5, 5.41) is 10.8. The van der Waals surface area contributed by atoms with Crippen LogP contribution in [0.3, 0.4) is 0 Å². The van der Waals surface area contributed by atoms with Crippen LogP contribution in [0.25, 0.3) is 0 Å². The van der Waals surface area contributed by atoms with E-state index in [1.54, 1.807) is 13.8 Å². The van der Waals surface area contributed by atoms with Crippen LogP contribution in [-0.2, 0) is 23.8 Å². The molecule has 0 aliphatic carbocycles. The van der Waals surface area contributed by atoms with Gasteiger partial charge in [-0.15, -0.1) is 0 Å². The van der Waals surface area contributed by atoms with E-state index in [0.717, 1.165) is 25.3 Å². The summed E-state index contributed by atoms with van der Waals surface area (Å²) in [7, 11) is 0. The number of carbonyl (C=O) groups is 3. The summed E-state index contributed by atoms with van der Waals surface area (Å²) in [6, 6.07) is 0. The summed E-state index contributed by atoms with van der Waals surface area (Å²) in [5.41, 5.74) is 0. The van der Waals surface area contributed by atoms with E-state index in [1.807, 2.05) is 27.7 Å². The Hall–Kier alpha value is -2.09. The van der Waals surface area contributed by atoms with Crippen molar-refractivity contribution in [1.29, 1.82) is 0 Å². The molecule has 3 unspecified atom stereocenters. The maximum Gasteiger partial charge on any atom is 0.407 e. The molecule has 0 aliphatic rings. The monoisotopic (exact) mass is 501 g/mol. The van der Waals surface area contributed by atoms with Gasteiger partial charge in [0.15, 0.2) is 0 Å². The van der Waals surface area contributed by atoms with Crippen LogP contribution in [-0.4, -0.2) is 54.6 Å². The van der Waals surface area contributed by atoms with Gasteiger partial charge in [-0.2, -0.15) is 0 Å². The quantitative estimate of drug-likeness (QED) is 0.149. The van der Waals surface area contributed by atoms with Crippen molar-refractivity contribution in [2.75, 3.05) is 13.2 Å². The van der Waals surface area contributed by atoms with Crippen LogP contribution in [0.5, 0.6) is 0 Å². The van der Waals surface area contributed by atoms with E-state index in [2.05, 4.69) is 16.6 Å². The molecule has 0 aromatic carbocycles. The number of rotatable bonds is 9. The fourth-order valence-electron chi connectivity index (χ4n) is 1.04. The Morgan fingerprint density at radius 3 is 1.50 bits per heavy atom. The molecule has 0 spiro atoms. The van der Waals surface area contributed by atoms with Crippen molar-refractivity contribution < 1.29 is 33.7 Å². The number of esters is 2. The Morgan fingerprint density at radius 1 is 0.853 bits per heavy atom. The zero-order valence-electron chi connectivity index (χ0n) is 18.4. The van der Waals surface area contributed by atoms with Crippen molar-refractivity contribution in [3.05, 3.63) is 12.7 Å². The molecule has 8 heteroatoms. The van der Waals surface area contributed by atoms with Gasteiger partial charge in [-0.25, -0.2) is 9.59 Å². The minimum absolute atomic E-state index is 0. The van der Waals surface area contributed by atoms with Gasteiger partial charge in [-0.3, -0.25) is 4.79 Å². The van der Waals surface area contributed by atoms with Crippen LogP contribution in [0.2, 0.25) is 0 Å². The molecule has 0 rings (SSSR count). The van der Waals surface area contributed by atoms with E-state index in [1.165, 1.54) is 6.92 Å². The van der Waals surface area contributed by atoms with Gasteiger partial charge in [0.1, 0.15) is 12.7 Å². The second-order valence-electron chi connectivity index (χ2n) is 6.01. The van der Waals surface area contributed by atoms with Crippen molar-refractivity contribution >= 4 is 18.0 Å². The molecule has 0 aromatic rings. The average Bonchev–Trinajstić information content (AvgIpc) is 2.65. The summed E-state index contributed by atoms with van der Waals surface area (Å²) in [5.74, 6) is -0.702. The molecule has 8 nitrogen and oxygen atoms in total. The molecule has 34 heavy (non-hydrogen) atoms. The second-order valence-corrected chi connectivity index (χ2v) is 6.01. The van der Waals surface area contributed by atoms with Crippen molar-refractivity contribution in [2.24, 2.45) is 0 Å². The zero-order chi connectivity index (χ0) is 22.5. The lowest BCUT2D eigenvalue weighted by Gasteiger charge is -2.11. The number of nitrogens with one attached hydrogen (secondary N) is 1. The lowest BCUT2D eigenvalue weighted by molar-refractivity contribution is -0.145. The number of alkyl carbamates (subject to hydrolysis) is 1. The van der Waals surface area contributed by atoms with Gasteiger partial charge in [0.25, 0.3) is 0 Å². The van der Waals surface area contributed by atoms with Gasteiger partial charge >= 0.3 is 18.0 Å². The van der Waals surface area contributed by atoms with E-state index in [4.69, 9.17) is 14.6 Å². The number of aliphatic hydroxyl groups excluding tert-OH is 1. The maximum absolute atomic E-state index is 11.0. The van der Waals surface area contributed by atoms with Gasteiger partial charge in [-0.1, -0.05) is 71.9 Å². The van der Waals surface area contributed by atoms with Gasteiger partial charge in [-0.05, 0) is 40.0 Å². The van der Waals surface area contributed by atoms with Crippen LogP contribution in [0.4, 0.5) is 4.79 Å². The maximum atomic E-state index is 11.0. The molecule has 214 valence electrons. The largest absolute Gasteiger partial charge is 0.463 e. The highest BCUT2D eigenvalue weighted by molar-refractivity contribution is 5.81. The van der Waals surface area contributed by atoms with Crippen molar-refractivity contribution in [3.8, 4) is 0 Å². The normalized spacial score (nSPS) is 10.2. The molecule has 0 aromatic heterocycles. The smallest absolute Gasteiger partial charge is 0.407 e. The van der Waals surface area contributed by atoms with E-state index < -0.39 is 12.1 Å². The number of carbonyl (C=O) groups excluding carboxylic acids is 3. The van der Waals surface area contributed by atoms with Crippen LogP contribution >= 0.6 is 0 Å². The molecule has 0 fully saturated rings. The lowest BCUT2D eigenvalue weighted by atomic mass is 10.3. The molecule has 0 saturated heterocycles. The van der Waals surface area contributed by atoms with Crippen molar-refractivity contribution in [2.45, 2.75) is 131 Å². The summed E-state index contributed by atoms with van der Waals surface area (Å²) < 4.78 is 14.3. The van der Waals surface area contributed by atoms with E-state index in [0.29, 0.717) is 0 Å². The third-order valence-corrected chi connectivity index (χ3v) is 3.20. The topological polar surface area (TPSA) is 111 Å². The first-order chi connectivity index (χ1) is 13.0. The third-order valence-electron chi connectivity index (χ3n) is 3.20. The van der Waals surface area contributed by atoms with Gasteiger partial charge in [0.2, 0.25) is 0 Å². The lowest BCUT2D eigenvalue weighted by Crippen LogP contribution is -2.30. The van der Waals surface area contributed by atoms with Crippen LogP contribution in [0, 0.1) is 0 Å². The Labute approximate surface area is 213 Å². The molecule has 2 N–H and O–H groups in total. The zero-order valence-corrected chi connectivity index (χ0v) is 18.4. The summed E-state index contributed by atoms with van der Waals surface area (Å²) in [6.45, 7) is 16.3. The minimum atomic E-state index is -0.507. The van der Waals surface area contributed by atoms with Crippen molar-refractivity contribution in [3.63, 3.8) is 0 Å². The molecule has 1 amide bonds. The van der Waals surface area contributed by atoms with E-state index >= 15 is 0 Å². The Morgan fingerprint density at radius 2 is 1.24 bits per heavy atom. The van der Waals surface area contributed by atoms with E-state index in [9.17, 15) is 14.4 Å². The number of hydrogen-bond donors (Lipinski definition) is 2. The number of amides is 1. The minimum Gasteiger partial charge on any atom is -0.463 e. The van der Waals surface area contributed by atoms with E-state index in [-0.39, 0.29) is 82.0 Å². The SMILES string of the molecule is C.C.C.C.C.C.C=CC(=O)OCCNC(=O)OC(C)CC.CCC(C)O.CCC(C)OC(C)=O. The summed E-state index contributed by atoms with van der Waals surface area (Å²) in [4.78, 5) is 31.8. The number of ether oxygens (including phenoxy) is 3. The molecule has 0 aliphatic heterocycles. The highest BCUT2D eigenvalue weighted by Gasteiger charge is 2.06. The summed E-state index contributed by atoms with van der Waals surface area (Å²) >= 11 is 0. The molecule has 0 bridgehead atoms. The molecular formula is C26H63NO7. The fourth-order valence-corrected chi connectivity index (χ4v) is 1.04. The molecule has 3 atom stereocenters. The highest BCUT2D eigenvalue weighted by Crippen LogP contribution is 1.95. The highest BCUT2D eigenvalue weighted by atomic mass is 16.6. The molecule has 0 saturated carbocycles. The van der Waals surface area contributed by atoms with Crippen LogP contribution in [0.1, 0.15) is 112 Å². The average molecular weight is 502 g/mol. The third kappa shape index (κ3) is 57.2. The van der Waals surface area contributed by atoms with Gasteiger partial charge in [0.05, 0.1) is 18.8 Å². The van der Waals surface area contributed by atoms with Gasteiger partial charge < -0.3 is 24.6 Å².